The normalized spacial score (nSPS) is 10.6. The number of rotatable bonds is 3. The summed E-state index contributed by atoms with van der Waals surface area (Å²) in [5.74, 6) is 1.34. The van der Waals surface area contributed by atoms with Crippen molar-refractivity contribution in [3.05, 3.63) is 48.3 Å². The first-order valence-corrected chi connectivity index (χ1v) is 5.81. The van der Waals surface area contributed by atoms with E-state index in [1.54, 1.807) is 7.11 Å². The van der Waals surface area contributed by atoms with Crippen LogP contribution < -0.4 is 4.74 Å². The summed E-state index contributed by atoms with van der Waals surface area (Å²) in [7, 11) is 1.69. The fourth-order valence-corrected chi connectivity index (χ4v) is 1.79. The van der Waals surface area contributed by atoms with Crippen molar-refractivity contribution in [1.82, 2.24) is 4.98 Å². The first-order chi connectivity index (χ1) is 8.22. The number of nitrogens with zero attached hydrogens (tertiary/aromatic N) is 1. The summed E-state index contributed by atoms with van der Waals surface area (Å²) in [4.78, 5) is 4.47. The van der Waals surface area contributed by atoms with Crippen molar-refractivity contribution < 1.29 is 4.74 Å². The Morgan fingerprint density at radius 2 is 1.82 bits per heavy atom. The van der Waals surface area contributed by atoms with Gasteiger partial charge in [-0.05, 0) is 18.1 Å². The molecule has 0 unspecified atom stereocenters. The molecule has 2 rings (SSSR count). The minimum atomic E-state index is 0.460. The van der Waals surface area contributed by atoms with Gasteiger partial charge in [-0.25, -0.2) is 0 Å². The van der Waals surface area contributed by atoms with Gasteiger partial charge >= 0.3 is 0 Å². The van der Waals surface area contributed by atoms with E-state index >= 15 is 0 Å². The maximum Gasteiger partial charge on any atom is 0.126 e. The van der Waals surface area contributed by atoms with E-state index in [1.807, 2.05) is 30.5 Å². The largest absolute Gasteiger partial charge is 0.496 e. The highest BCUT2D eigenvalue weighted by Crippen LogP contribution is 2.29. The van der Waals surface area contributed by atoms with Crippen LogP contribution in [0.2, 0.25) is 0 Å². The molecule has 0 saturated carbocycles. The van der Waals surface area contributed by atoms with Gasteiger partial charge in [0, 0.05) is 23.0 Å². The topological polar surface area (TPSA) is 22.1 Å². The number of hydrogen-bond acceptors (Lipinski definition) is 2. The van der Waals surface area contributed by atoms with Gasteiger partial charge in [0.1, 0.15) is 5.75 Å². The van der Waals surface area contributed by atoms with E-state index in [9.17, 15) is 0 Å². The van der Waals surface area contributed by atoms with Gasteiger partial charge in [-0.3, -0.25) is 4.98 Å². The molecule has 0 amide bonds. The van der Waals surface area contributed by atoms with Crippen LogP contribution in [-0.4, -0.2) is 12.1 Å². The van der Waals surface area contributed by atoms with E-state index in [4.69, 9.17) is 4.74 Å². The van der Waals surface area contributed by atoms with Crippen molar-refractivity contribution >= 4 is 0 Å². The standard InChI is InChI=1S/C15H17NO/c1-11(2)14-9-8-12(10-16-14)13-6-4-5-7-15(13)17-3/h4-11H,1-3H3. The summed E-state index contributed by atoms with van der Waals surface area (Å²) in [6.45, 7) is 4.29. The second-order valence-corrected chi connectivity index (χ2v) is 4.33. The highest BCUT2D eigenvalue weighted by atomic mass is 16.5. The van der Waals surface area contributed by atoms with Crippen LogP contribution in [-0.2, 0) is 0 Å². The number of ether oxygens (including phenoxy) is 1. The molecule has 0 atom stereocenters. The lowest BCUT2D eigenvalue weighted by molar-refractivity contribution is 0.416. The number of pyridine rings is 1. The van der Waals surface area contributed by atoms with E-state index in [1.165, 1.54) is 0 Å². The highest BCUT2D eigenvalue weighted by molar-refractivity contribution is 5.69. The molecule has 2 aromatic rings. The van der Waals surface area contributed by atoms with Gasteiger partial charge in [-0.1, -0.05) is 38.1 Å². The Hall–Kier alpha value is -1.83. The molecule has 88 valence electrons. The quantitative estimate of drug-likeness (QED) is 0.793. The average molecular weight is 227 g/mol. The molecule has 2 nitrogen and oxygen atoms in total. The summed E-state index contributed by atoms with van der Waals surface area (Å²) in [6.07, 6.45) is 1.91. The third-order valence-corrected chi connectivity index (χ3v) is 2.80. The molecule has 0 spiro atoms. The van der Waals surface area contributed by atoms with Gasteiger partial charge in [0.2, 0.25) is 0 Å². The summed E-state index contributed by atoms with van der Waals surface area (Å²) in [5, 5.41) is 0. The van der Waals surface area contributed by atoms with Crippen molar-refractivity contribution in [1.29, 1.82) is 0 Å². The second kappa shape index (κ2) is 5.00. The molecule has 17 heavy (non-hydrogen) atoms. The number of hydrogen-bond donors (Lipinski definition) is 0. The van der Waals surface area contributed by atoms with Gasteiger partial charge < -0.3 is 4.74 Å². The predicted molar refractivity (Wildman–Crippen MR) is 70.3 cm³/mol. The zero-order chi connectivity index (χ0) is 12.3. The molecule has 0 radical (unpaired) electrons. The Bertz CT molecular complexity index is 489. The lowest BCUT2D eigenvalue weighted by Gasteiger charge is -2.09. The molecule has 0 aliphatic rings. The maximum absolute atomic E-state index is 5.35. The molecule has 1 aromatic carbocycles. The van der Waals surface area contributed by atoms with Crippen LogP contribution in [0.1, 0.15) is 25.5 Å². The number of benzene rings is 1. The van der Waals surface area contributed by atoms with Crippen molar-refractivity contribution in [2.75, 3.05) is 7.11 Å². The molecule has 1 aromatic heterocycles. The average Bonchev–Trinajstić information content (AvgIpc) is 2.39. The van der Waals surface area contributed by atoms with Gasteiger partial charge in [0.25, 0.3) is 0 Å². The number of methoxy groups -OCH3 is 1. The number of para-hydroxylation sites is 1. The summed E-state index contributed by atoms with van der Waals surface area (Å²) in [6, 6.07) is 12.2. The fraction of sp³-hybridized carbons (Fsp3) is 0.267. The van der Waals surface area contributed by atoms with Gasteiger partial charge in [-0.15, -0.1) is 0 Å². The Morgan fingerprint density at radius 3 is 2.41 bits per heavy atom. The first-order valence-electron chi connectivity index (χ1n) is 5.81. The molecule has 1 heterocycles. The molecule has 0 fully saturated rings. The van der Waals surface area contributed by atoms with E-state index in [0.29, 0.717) is 5.92 Å². The Kier molecular flexibility index (Phi) is 3.43. The van der Waals surface area contributed by atoms with Crippen LogP contribution >= 0.6 is 0 Å². The lowest BCUT2D eigenvalue weighted by atomic mass is 10.0. The fourth-order valence-electron chi connectivity index (χ4n) is 1.79. The molecule has 0 aliphatic carbocycles. The summed E-state index contributed by atoms with van der Waals surface area (Å²) >= 11 is 0. The lowest BCUT2D eigenvalue weighted by Crippen LogP contribution is -1.93. The first kappa shape index (κ1) is 11.6. The zero-order valence-corrected chi connectivity index (χ0v) is 10.5. The second-order valence-electron chi connectivity index (χ2n) is 4.33. The van der Waals surface area contributed by atoms with Gasteiger partial charge in [0.05, 0.1) is 7.11 Å². The van der Waals surface area contributed by atoms with Crippen molar-refractivity contribution in [2.24, 2.45) is 0 Å². The molecule has 2 heteroatoms. The van der Waals surface area contributed by atoms with Crippen molar-refractivity contribution in [2.45, 2.75) is 19.8 Å². The smallest absolute Gasteiger partial charge is 0.126 e. The third kappa shape index (κ3) is 2.47. The third-order valence-electron chi connectivity index (χ3n) is 2.80. The highest BCUT2D eigenvalue weighted by Gasteiger charge is 2.06. The van der Waals surface area contributed by atoms with Crippen LogP contribution in [0.5, 0.6) is 5.75 Å². The van der Waals surface area contributed by atoms with Crippen LogP contribution in [0.4, 0.5) is 0 Å². The molecule has 0 bridgehead atoms. The van der Waals surface area contributed by atoms with Crippen molar-refractivity contribution in [3.8, 4) is 16.9 Å². The number of aromatic nitrogens is 1. The van der Waals surface area contributed by atoms with Crippen LogP contribution in [0.15, 0.2) is 42.6 Å². The van der Waals surface area contributed by atoms with Crippen molar-refractivity contribution in [3.63, 3.8) is 0 Å². The predicted octanol–water partition coefficient (Wildman–Crippen LogP) is 3.88. The molecule has 0 aliphatic heterocycles. The minimum absolute atomic E-state index is 0.460. The maximum atomic E-state index is 5.35. The van der Waals surface area contributed by atoms with Crippen LogP contribution in [0.3, 0.4) is 0 Å². The van der Waals surface area contributed by atoms with Crippen LogP contribution in [0, 0.1) is 0 Å². The Labute approximate surface area is 102 Å². The molecule has 0 N–H and O–H groups in total. The van der Waals surface area contributed by atoms with Crippen LogP contribution in [0.25, 0.3) is 11.1 Å². The Morgan fingerprint density at radius 1 is 1.06 bits per heavy atom. The summed E-state index contributed by atoms with van der Waals surface area (Å²) in [5.41, 5.74) is 3.29. The zero-order valence-electron chi connectivity index (χ0n) is 10.5. The molecular formula is C15H17NO. The van der Waals surface area contributed by atoms with E-state index in [-0.39, 0.29) is 0 Å². The molecule has 0 saturated heterocycles. The summed E-state index contributed by atoms with van der Waals surface area (Å²) < 4.78 is 5.35. The monoisotopic (exact) mass is 227 g/mol. The van der Waals surface area contributed by atoms with E-state index in [2.05, 4.69) is 31.0 Å². The van der Waals surface area contributed by atoms with Gasteiger partial charge in [0.15, 0.2) is 0 Å². The van der Waals surface area contributed by atoms with Gasteiger partial charge in [-0.2, -0.15) is 0 Å². The Balaban J connectivity index is 2.40. The molecular weight excluding hydrogens is 210 g/mol. The minimum Gasteiger partial charge on any atom is -0.496 e. The SMILES string of the molecule is COc1ccccc1-c1ccc(C(C)C)nc1. The van der Waals surface area contributed by atoms with E-state index < -0.39 is 0 Å². The van der Waals surface area contributed by atoms with E-state index in [0.717, 1.165) is 22.6 Å².